The van der Waals surface area contributed by atoms with Gasteiger partial charge in [0.15, 0.2) is 0 Å². The van der Waals surface area contributed by atoms with E-state index in [1.165, 1.54) is 5.56 Å². The van der Waals surface area contributed by atoms with Crippen LogP contribution in [0.25, 0.3) is 0 Å². The van der Waals surface area contributed by atoms with Gasteiger partial charge in [0.25, 0.3) is 6.20 Å². The van der Waals surface area contributed by atoms with Crippen LogP contribution < -0.4 is 14.9 Å². The first-order chi connectivity index (χ1) is 16.4. The van der Waals surface area contributed by atoms with Crippen LogP contribution >= 0.6 is 11.8 Å². The summed E-state index contributed by atoms with van der Waals surface area (Å²) in [4.78, 5) is 20.5. The topological polar surface area (TPSA) is 88.9 Å². The molecule has 1 aliphatic heterocycles. The lowest BCUT2D eigenvalue weighted by Crippen LogP contribution is -2.65. The molecule has 0 saturated carbocycles. The molecule has 0 bridgehead atoms. The van der Waals surface area contributed by atoms with Gasteiger partial charge in [0.2, 0.25) is 10.4 Å². The standard InChI is InChI=1S/C25H29N5O3S/c1-25(2,19-34-23(31)21-11-7-4-8-12-21)24(32)26-22-18-30(27-33-22)29-15-13-28(14-16-29)17-20-9-5-3-6-10-20/h3-12,18H,13-17,19H2,1-2H3. The number of thioether (sulfide) groups is 1. The number of carbonyl (C=O) groups is 1. The summed E-state index contributed by atoms with van der Waals surface area (Å²) in [5.41, 5.74) is 1.10. The van der Waals surface area contributed by atoms with E-state index in [9.17, 15) is 9.90 Å². The van der Waals surface area contributed by atoms with Gasteiger partial charge in [-0.15, -0.1) is 0 Å². The second-order valence-electron chi connectivity index (χ2n) is 8.92. The van der Waals surface area contributed by atoms with E-state index >= 15 is 0 Å². The Balaban J connectivity index is 1.30. The summed E-state index contributed by atoms with van der Waals surface area (Å²) in [7, 11) is 0. The fourth-order valence-corrected chi connectivity index (χ4v) is 4.49. The predicted molar refractivity (Wildman–Crippen MR) is 130 cm³/mol. The number of aromatic nitrogens is 2. The maximum Gasteiger partial charge on any atom is 0.324 e. The third kappa shape index (κ3) is 6.24. The number of aliphatic imine (C=N–C) groups is 1. The van der Waals surface area contributed by atoms with Crippen LogP contribution in [0, 0.1) is 5.41 Å². The van der Waals surface area contributed by atoms with Gasteiger partial charge in [-0.25, -0.2) is 4.99 Å². The second kappa shape index (κ2) is 10.8. The number of benzene rings is 2. The molecule has 0 atom stereocenters. The number of hydrogen-bond donors (Lipinski definition) is 0. The molecule has 8 nitrogen and oxygen atoms in total. The van der Waals surface area contributed by atoms with Crippen molar-refractivity contribution in [2.24, 2.45) is 10.4 Å². The molecule has 0 amide bonds. The fraction of sp³-hybridized carbons (Fsp3) is 0.360. The molecule has 0 aliphatic carbocycles. The minimum absolute atomic E-state index is 0.0645. The smallest absolute Gasteiger partial charge is 0.324 e. The molecule has 0 unspecified atom stereocenters. The van der Waals surface area contributed by atoms with Gasteiger partial charge in [-0.2, -0.15) is 5.01 Å². The monoisotopic (exact) mass is 479 g/mol. The van der Waals surface area contributed by atoms with Gasteiger partial charge in [-0.05, 0) is 11.5 Å². The number of piperazine rings is 1. The van der Waals surface area contributed by atoms with Crippen LogP contribution in [0.2, 0.25) is 0 Å². The molecule has 3 aromatic rings. The Hall–Kier alpha value is -3.17. The Labute approximate surface area is 203 Å². The van der Waals surface area contributed by atoms with Crippen LogP contribution in [0.5, 0.6) is 0 Å². The van der Waals surface area contributed by atoms with E-state index in [-0.39, 0.29) is 16.9 Å². The lowest BCUT2D eigenvalue weighted by atomic mass is 9.96. The zero-order chi connectivity index (χ0) is 24.0. The Morgan fingerprint density at radius 1 is 1.09 bits per heavy atom. The summed E-state index contributed by atoms with van der Waals surface area (Å²) in [6, 6.07) is 19.5. The van der Waals surface area contributed by atoms with E-state index in [2.05, 4.69) is 44.4 Å². The van der Waals surface area contributed by atoms with Crippen molar-refractivity contribution in [1.82, 2.24) is 10.2 Å². The number of hydrogen-bond acceptors (Lipinski definition) is 8. The maximum absolute atomic E-state index is 12.8. The molecule has 2 aromatic carbocycles. The van der Waals surface area contributed by atoms with Crippen LogP contribution in [0.15, 0.2) is 76.4 Å². The highest BCUT2D eigenvalue weighted by Crippen LogP contribution is 2.26. The van der Waals surface area contributed by atoms with Gasteiger partial charge < -0.3 is 5.11 Å². The van der Waals surface area contributed by atoms with Crippen molar-refractivity contribution >= 4 is 28.7 Å². The Bertz CT molecular complexity index is 1110. The lowest BCUT2D eigenvalue weighted by molar-refractivity contribution is -0.759. The highest BCUT2D eigenvalue weighted by molar-refractivity contribution is 8.14. The Morgan fingerprint density at radius 2 is 1.74 bits per heavy atom. The van der Waals surface area contributed by atoms with Crippen molar-refractivity contribution in [3.63, 3.8) is 0 Å². The molecule has 1 saturated heterocycles. The molecule has 1 fully saturated rings. The summed E-state index contributed by atoms with van der Waals surface area (Å²) in [5.74, 6) is 0.127. The first kappa shape index (κ1) is 24.0. The largest absolute Gasteiger partial charge is 0.861 e. The number of carbonyl (C=O) groups excluding carboxylic acids is 1. The minimum atomic E-state index is -0.824. The predicted octanol–water partition coefficient (Wildman–Crippen LogP) is 2.41. The first-order valence-corrected chi connectivity index (χ1v) is 12.3. The van der Waals surface area contributed by atoms with E-state index in [1.54, 1.807) is 37.0 Å². The third-order valence-corrected chi connectivity index (χ3v) is 7.06. The van der Waals surface area contributed by atoms with E-state index in [1.807, 2.05) is 24.3 Å². The third-order valence-electron chi connectivity index (χ3n) is 5.70. The average Bonchev–Trinajstić information content (AvgIpc) is 3.32. The molecule has 34 heavy (non-hydrogen) atoms. The van der Waals surface area contributed by atoms with Crippen molar-refractivity contribution in [2.75, 3.05) is 36.9 Å². The van der Waals surface area contributed by atoms with Crippen LogP contribution in [0.1, 0.15) is 29.8 Å². The highest BCUT2D eigenvalue weighted by atomic mass is 32.2. The van der Waals surface area contributed by atoms with E-state index in [4.69, 9.17) is 4.52 Å². The molecule has 9 heteroatoms. The SMILES string of the molecule is CC(C)(CSC(=O)c1ccccc1)C([O-])=Nc1c[n+](N2CCN(Cc3ccccc3)CC2)no1. The van der Waals surface area contributed by atoms with Crippen LogP contribution in [0.3, 0.4) is 0 Å². The van der Waals surface area contributed by atoms with Crippen molar-refractivity contribution in [3.8, 4) is 0 Å². The van der Waals surface area contributed by atoms with Gasteiger partial charge >= 0.3 is 5.88 Å². The lowest BCUT2D eigenvalue weighted by Gasteiger charge is -2.30. The van der Waals surface area contributed by atoms with Gasteiger partial charge in [0, 0.05) is 36.4 Å². The Kier molecular flexibility index (Phi) is 7.64. The molecule has 1 aliphatic rings. The zero-order valence-electron chi connectivity index (χ0n) is 19.5. The molecule has 0 spiro atoms. The quantitative estimate of drug-likeness (QED) is 0.278. The second-order valence-corrected chi connectivity index (χ2v) is 9.87. The van der Waals surface area contributed by atoms with Crippen LogP contribution in [-0.2, 0) is 6.54 Å². The fourth-order valence-electron chi connectivity index (χ4n) is 3.57. The van der Waals surface area contributed by atoms with E-state index in [0.29, 0.717) is 11.3 Å². The molecule has 1 aromatic heterocycles. The van der Waals surface area contributed by atoms with Gasteiger partial charge in [-0.1, -0.05) is 86.3 Å². The number of nitrogens with zero attached hydrogens (tertiary/aromatic N) is 5. The minimum Gasteiger partial charge on any atom is -0.861 e. The van der Waals surface area contributed by atoms with Gasteiger partial charge in [0.05, 0.1) is 17.9 Å². The summed E-state index contributed by atoms with van der Waals surface area (Å²) in [5, 5.41) is 18.8. The summed E-state index contributed by atoms with van der Waals surface area (Å²) >= 11 is 1.12. The Morgan fingerprint density at radius 3 is 2.41 bits per heavy atom. The van der Waals surface area contributed by atoms with E-state index in [0.717, 1.165) is 44.5 Å². The summed E-state index contributed by atoms with van der Waals surface area (Å²) in [6.07, 6.45) is 1.63. The molecule has 0 N–H and O–H groups in total. The highest BCUT2D eigenvalue weighted by Gasteiger charge is 2.27. The van der Waals surface area contributed by atoms with Crippen molar-refractivity contribution in [2.45, 2.75) is 20.4 Å². The molecular formula is C25H29N5O3S. The molecule has 0 radical (unpaired) electrons. The first-order valence-electron chi connectivity index (χ1n) is 11.3. The number of rotatable bonds is 8. The maximum atomic E-state index is 12.8. The van der Waals surface area contributed by atoms with Crippen LogP contribution in [0.4, 0.5) is 5.88 Å². The van der Waals surface area contributed by atoms with Crippen molar-refractivity contribution in [3.05, 3.63) is 78.0 Å². The molecule has 178 valence electrons. The normalized spacial score (nSPS) is 15.5. The molecule has 4 rings (SSSR count). The van der Waals surface area contributed by atoms with Crippen LogP contribution in [-0.4, -0.2) is 53.1 Å². The molecular weight excluding hydrogens is 450 g/mol. The summed E-state index contributed by atoms with van der Waals surface area (Å²) in [6.45, 7) is 7.87. The summed E-state index contributed by atoms with van der Waals surface area (Å²) < 4.78 is 5.30. The average molecular weight is 480 g/mol. The van der Waals surface area contributed by atoms with Gasteiger partial charge in [0.1, 0.15) is 0 Å². The van der Waals surface area contributed by atoms with Crippen molar-refractivity contribution in [1.29, 1.82) is 0 Å². The zero-order valence-corrected chi connectivity index (χ0v) is 20.3. The van der Waals surface area contributed by atoms with E-state index < -0.39 is 5.41 Å². The van der Waals surface area contributed by atoms with Crippen molar-refractivity contribution < 1.29 is 19.2 Å². The van der Waals surface area contributed by atoms with Gasteiger partial charge in [-0.3, -0.25) is 14.2 Å². The molecule has 2 heterocycles.